The number of amides is 1. The third-order valence-corrected chi connectivity index (χ3v) is 1.83. The largest absolute Gasteiger partial charge is 0.322 e. The third-order valence-electron chi connectivity index (χ3n) is 1.83. The molecule has 1 amide bonds. The van der Waals surface area contributed by atoms with Crippen LogP contribution >= 0.6 is 0 Å². The molecule has 0 aliphatic carbocycles. The number of fused-ring (bicyclic) bond motifs is 1. The Bertz CT molecular complexity index is 278. The van der Waals surface area contributed by atoms with Gasteiger partial charge in [-0.3, -0.25) is 4.79 Å². The van der Waals surface area contributed by atoms with E-state index in [9.17, 15) is 4.79 Å². The standard InChI is InChI=1S/C7H8N2O.C2H6/c1-5-7(10)8-6-3-2-4-9(5)6;1-2/h2-5H,1H3,(H,8,10);1-2H3. The topological polar surface area (TPSA) is 34.0 Å². The third kappa shape index (κ3) is 1.22. The molecule has 0 saturated heterocycles. The van der Waals surface area contributed by atoms with E-state index in [4.69, 9.17) is 0 Å². The van der Waals surface area contributed by atoms with Crippen LogP contribution < -0.4 is 5.32 Å². The number of nitrogens with zero attached hydrogens (tertiary/aromatic N) is 1. The molecule has 2 heterocycles. The molecular weight excluding hydrogens is 152 g/mol. The Labute approximate surface area is 72.4 Å². The van der Waals surface area contributed by atoms with Crippen LogP contribution in [0.4, 0.5) is 5.82 Å². The Kier molecular flexibility index (Phi) is 2.53. The van der Waals surface area contributed by atoms with E-state index in [1.807, 2.05) is 43.7 Å². The Hall–Kier alpha value is -1.25. The summed E-state index contributed by atoms with van der Waals surface area (Å²) in [5, 5.41) is 2.75. The van der Waals surface area contributed by atoms with Crippen molar-refractivity contribution in [3.05, 3.63) is 18.3 Å². The van der Waals surface area contributed by atoms with Gasteiger partial charge in [0.25, 0.3) is 0 Å². The van der Waals surface area contributed by atoms with Gasteiger partial charge in [-0.15, -0.1) is 0 Å². The van der Waals surface area contributed by atoms with Crippen LogP contribution in [0.3, 0.4) is 0 Å². The van der Waals surface area contributed by atoms with Crippen molar-refractivity contribution in [2.75, 3.05) is 5.32 Å². The van der Waals surface area contributed by atoms with E-state index in [0.717, 1.165) is 5.82 Å². The zero-order chi connectivity index (χ0) is 9.14. The summed E-state index contributed by atoms with van der Waals surface area (Å²) in [6, 6.07) is 3.78. The zero-order valence-corrected chi connectivity index (χ0v) is 7.66. The molecule has 0 spiro atoms. The summed E-state index contributed by atoms with van der Waals surface area (Å²) in [5.74, 6) is 0.980. The van der Waals surface area contributed by atoms with Crippen LogP contribution in [0.5, 0.6) is 0 Å². The molecule has 1 aliphatic rings. The molecule has 12 heavy (non-hydrogen) atoms. The van der Waals surface area contributed by atoms with Crippen LogP contribution in [0.15, 0.2) is 18.3 Å². The minimum Gasteiger partial charge on any atom is -0.322 e. The van der Waals surface area contributed by atoms with E-state index in [1.165, 1.54) is 0 Å². The Morgan fingerprint density at radius 3 is 2.75 bits per heavy atom. The van der Waals surface area contributed by atoms with E-state index in [-0.39, 0.29) is 11.9 Å². The summed E-state index contributed by atoms with van der Waals surface area (Å²) < 4.78 is 1.92. The Morgan fingerprint density at radius 2 is 2.17 bits per heavy atom. The van der Waals surface area contributed by atoms with Crippen LogP contribution in [-0.4, -0.2) is 10.5 Å². The molecular formula is C9H14N2O. The van der Waals surface area contributed by atoms with E-state index in [1.54, 1.807) is 0 Å². The molecule has 0 bridgehead atoms. The number of aromatic nitrogens is 1. The van der Waals surface area contributed by atoms with Crippen molar-refractivity contribution in [2.45, 2.75) is 26.8 Å². The monoisotopic (exact) mass is 166 g/mol. The van der Waals surface area contributed by atoms with Gasteiger partial charge < -0.3 is 9.88 Å². The van der Waals surface area contributed by atoms with Crippen molar-refractivity contribution >= 4 is 11.7 Å². The van der Waals surface area contributed by atoms with Gasteiger partial charge in [0.2, 0.25) is 5.91 Å². The molecule has 1 N–H and O–H groups in total. The predicted octanol–water partition coefficient (Wildman–Crippen LogP) is 2.03. The first-order chi connectivity index (χ1) is 5.79. The summed E-state index contributed by atoms with van der Waals surface area (Å²) in [5.41, 5.74) is 0. The summed E-state index contributed by atoms with van der Waals surface area (Å²) in [4.78, 5) is 11.0. The summed E-state index contributed by atoms with van der Waals surface area (Å²) in [7, 11) is 0. The van der Waals surface area contributed by atoms with Gasteiger partial charge in [-0.2, -0.15) is 0 Å². The number of hydrogen-bond acceptors (Lipinski definition) is 1. The van der Waals surface area contributed by atoms with Crippen LogP contribution in [0, 0.1) is 0 Å². The van der Waals surface area contributed by atoms with Crippen LogP contribution in [-0.2, 0) is 4.79 Å². The average Bonchev–Trinajstić information content (AvgIpc) is 2.62. The Balaban J connectivity index is 0.000000336. The van der Waals surface area contributed by atoms with Gasteiger partial charge in [0, 0.05) is 6.20 Å². The normalized spacial score (nSPS) is 19.2. The number of nitrogens with one attached hydrogen (secondary N) is 1. The maximum atomic E-state index is 11.0. The first-order valence-corrected chi connectivity index (χ1v) is 4.27. The van der Waals surface area contributed by atoms with Crippen LogP contribution in [0.1, 0.15) is 26.8 Å². The smallest absolute Gasteiger partial charge is 0.248 e. The van der Waals surface area contributed by atoms with E-state index < -0.39 is 0 Å². The number of carbonyl (C=O) groups is 1. The molecule has 1 aromatic heterocycles. The maximum absolute atomic E-state index is 11.0. The molecule has 1 aromatic rings. The lowest BCUT2D eigenvalue weighted by atomic mass is 10.3. The minimum atomic E-state index is -0.0370. The molecule has 3 heteroatoms. The van der Waals surface area contributed by atoms with Crippen LogP contribution in [0.2, 0.25) is 0 Å². The molecule has 2 rings (SSSR count). The van der Waals surface area contributed by atoms with Crippen molar-refractivity contribution in [3.8, 4) is 0 Å². The highest BCUT2D eigenvalue weighted by Gasteiger charge is 2.23. The fraction of sp³-hybridized carbons (Fsp3) is 0.444. The Morgan fingerprint density at radius 1 is 1.50 bits per heavy atom. The molecule has 1 atom stereocenters. The molecule has 0 radical (unpaired) electrons. The van der Waals surface area contributed by atoms with Crippen molar-refractivity contribution in [1.82, 2.24) is 4.57 Å². The second kappa shape index (κ2) is 3.43. The quantitative estimate of drug-likeness (QED) is 0.628. The van der Waals surface area contributed by atoms with Gasteiger partial charge in [0.05, 0.1) is 0 Å². The summed E-state index contributed by atoms with van der Waals surface area (Å²) in [6.07, 6.45) is 1.90. The molecule has 0 aromatic carbocycles. The molecule has 0 saturated carbocycles. The molecule has 0 fully saturated rings. The molecule has 66 valence electrons. The predicted molar refractivity (Wildman–Crippen MR) is 49.1 cm³/mol. The van der Waals surface area contributed by atoms with Gasteiger partial charge in [-0.05, 0) is 19.1 Å². The lowest BCUT2D eigenvalue weighted by Crippen LogP contribution is -2.11. The first-order valence-electron chi connectivity index (χ1n) is 4.27. The van der Waals surface area contributed by atoms with Gasteiger partial charge in [0.1, 0.15) is 11.9 Å². The lowest BCUT2D eigenvalue weighted by Gasteiger charge is -1.99. The van der Waals surface area contributed by atoms with Gasteiger partial charge in [0.15, 0.2) is 0 Å². The molecule has 1 aliphatic heterocycles. The highest BCUT2D eigenvalue weighted by atomic mass is 16.2. The van der Waals surface area contributed by atoms with Gasteiger partial charge in [-0.1, -0.05) is 13.8 Å². The first kappa shape index (κ1) is 8.84. The lowest BCUT2D eigenvalue weighted by molar-refractivity contribution is -0.117. The SMILES string of the molecule is CC.CC1C(=O)Nc2cccn21. The van der Waals surface area contributed by atoms with Gasteiger partial charge in [-0.25, -0.2) is 0 Å². The second-order valence-corrected chi connectivity index (χ2v) is 2.47. The fourth-order valence-corrected chi connectivity index (χ4v) is 1.19. The van der Waals surface area contributed by atoms with Crippen molar-refractivity contribution in [2.24, 2.45) is 0 Å². The molecule has 1 unspecified atom stereocenters. The average molecular weight is 166 g/mol. The highest BCUT2D eigenvalue weighted by Crippen LogP contribution is 2.23. The maximum Gasteiger partial charge on any atom is 0.248 e. The zero-order valence-electron chi connectivity index (χ0n) is 7.66. The minimum absolute atomic E-state index is 0.0370. The van der Waals surface area contributed by atoms with E-state index in [2.05, 4.69) is 5.32 Å². The highest BCUT2D eigenvalue weighted by molar-refractivity contribution is 5.96. The molecule has 3 nitrogen and oxygen atoms in total. The summed E-state index contributed by atoms with van der Waals surface area (Å²) in [6.45, 7) is 5.88. The van der Waals surface area contributed by atoms with Crippen LogP contribution in [0.25, 0.3) is 0 Å². The van der Waals surface area contributed by atoms with Crippen molar-refractivity contribution in [3.63, 3.8) is 0 Å². The fourth-order valence-electron chi connectivity index (χ4n) is 1.19. The number of anilines is 1. The van der Waals surface area contributed by atoms with E-state index >= 15 is 0 Å². The van der Waals surface area contributed by atoms with E-state index in [0.29, 0.717) is 0 Å². The van der Waals surface area contributed by atoms with Gasteiger partial charge >= 0.3 is 0 Å². The summed E-state index contributed by atoms with van der Waals surface area (Å²) >= 11 is 0. The number of rotatable bonds is 0. The number of carbonyl (C=O) groups excluding carboxylic acids is 1. The number of hydrogen-bond donors (Lipinski definition) is 1. The van der Waals surface area contributed by atoms with Crippen molar-refractivity contribution < 1.29 is 4.79 Å². The van der Waals surface area contributed by atoms with Crippen molar-refractivity contribution in [1.29, 1.82) is 0 Å². The second-order valence-electron chi connectivity index (χ2n) is 2.47.